The number of hydrogen-bond acceptors (Lipinski definition) is 4. The van der Waals surface area contributed by atoms with E-state index in [2.05, 4.69) is 4.98 Å². The summed E-state index contributed by atoms with van der Waals surface area (Å²) in [4.78, 5) is 16.5. The maximum atomic E-state index is 10.7. The van der Waals surface area contributed by atoms with Crippen molar-refractivity contribution in [3.05, 3.63) is 36.2 Å². The first-order chi connectivity index (χ1) is 8.08. The van der Waals surface area contributed by atoms with Crippen LogP contribution in [0, 0.1) is 0 Å². The van der Waals surface area contributed by atoms with E-state index in [-0.39, 0.29) is 5.69 Å². The number of nitrogens with zero attached hydrogens (tertiary/aromatic N) is 2. The molecule has 0 bridgehead atoms. The highest BCUT2D eigenvalue weighted by Crippen LogP contribution is 2.21. The van der Waals surface area contributed by atoms with Crippen LogP contribution in [-0.2, 0) is 0 Å². The van der Waals surface area contributed by atoms with Crippen LogP contribution in [0.15, 0.2) is 34.9 Å². The second-order valence-electron chi connectivity index (χ2n) is 3.78. The minimum Gasteiger partial charge on any atom is -0.476 e. The number of aromatic carboxylic acids is 1. The number of carboxylic acids is 1. The van der Waals surface area contributed by atoms with E-state index < -0.39 is 5.97 Å². The Bertz CT molecular complexity index is 529. The van der Waals surface area contributed by atoms with Crippen molar-refractivity contribution in [1.29, 1.82) is 0 Å². The molecule has 0 aliphatic carbocycles. The smallest absolute Gasteiger partial charge is 0.357 e. The Balaban J connectivity index is 2.30. The third kappa shape index (κ3) is 2.28. The summed E-state index contributed by atoms with van der Waals surface area (Å²) in [6.45, 7) is 0. The number of benzene rings is 1. The van der Waals surface area contributed by atoms with Gasteiger partial charge in [-0.15, -0.1) is 0 Å². The number of hydrogen-bond donors (Lipinski definition) is 1. The van der Waals surface area contributed by atoms with Gasteiger partial charge in [-0.05, 0) is 24.3 Å². The number of rotatable bonds is 3. The van der Waals surface area contributed by atoms with Crippen LogP contribution in [0.2, 0.25) is 0 Å². The highest BCUT2D eigenvalue weighted by Gasteiger charge is 2.11. The average molecular weight is 232 g/mol. The molecule has 0 radical (unpaired) electrons. The van der Waals surface area contributed by atoms with Crippen LogP contribution in [0.25, 0.3) is 11.5 Å². The van der Waals surface area contributed by atoms with E-state index in [9.17, 15) is 4.79 Å². The monoisotopic (exact) mass is 232 g/mol. The Hall–Kier alpha value is -2.30. The van der Waals surface area contributed by atoms with Gasteiger partial charge in [-0.25, -0.2) is 9.78 Å². The van der Waals surface area contributed by atoms with E-state index in [1.165, 1.54) is 0 Å². The molecule has 0 saturated heterocycles. The first-order valence-corrected chi connectivity index (χ1v) is 5.04. The van der Waals surface area contributed by atoms with Gasteiger partial charge < -0.3 is 14.4 Å². The molecule has 0 aliphatic rings. The molecule has 0 aliphatic heterocycles. The maximum Gasteiger partial charge on any atom is 0.357 e. The zero-order chi connectivity index (χ0) is 12.4. The first kappa shape index (κ1) is 11.2. The number of anilines is 1. The fraction of sp³-hybridized carbons (Fsp3) is 0.167. The Morgan fingerprint density at radius 3 is 2.41 bits per heavy atom. The van der Waals surface area contributed by atoms with Gasteiger partial charge in [-0.1, -0.05) is 0 Å². The number of aromatic nitrogens is 1. The summed E-state index contributed by atoms with van der Waals surface area (Å²) >= 11 is 0. The molecule has 1 heterocycles. The topological polar surface area (TPSA) is 66.6 Å². The quantitative estimate of drug-likeness (QED) is 0.877. The molecule has 0 spiro atoms. The van der Waals surface area contributed by atoms with E-state index in [4.69, 9.17) is 9.52 Å². The molecule has 1 aromatic carbocycles. The summed E-state index contributed by atoms with van der Waals surface area (Å²) in [6.07, 6.45) is 1.14. The van der Waals surface area contributed by atoms with Crippen molar-refractivity contribution in [1.82, 2.24) is 4.98 Å². The fourth-order valence-corrected chi connectivity index (χ4v) is 1.41. The minimum atomic E-state index is -1.09. The predicted octanol–water partition coefficient (Wildman–Crippen LogP) is 2.11. The molecule has 0 saturated carbocycles. The Labute approximate surface area is 98.3 Å². The molecule has 0 unspecified atom stereocenters. The van der Waals surface area contributed by atoms with Gasteiger partial charge in [0.25, 0.3) is 0 Å². The average Bonchev–Trinajstić information content (AvgIpc) is 2.78. The molecule has 17 heavy (non-hydrogen) atoms. The first-order valence-electron chi connectivity index (χ1n) is 5.04. The van der Waals surface area contributed by atoms with Crippen LogP contribution in [0.5, 0.6) is 0 Å². The molecule has 0 fully saturated rings. The van der Waals surface area contributed by atoms with E-state index in [0.717, 1.165) is 17.5 Å². The molecular weight excluding hydrogens is 220 g/mol. The molecule has 5 heteroatoms. The number of carboxylic acid groups (broad SMARTS) is 1. The summed E-state index contributed by atoms with van der Waals surface area (Å²) in [5, 5.41) is 8.73. The Morgan fingerprint density at radius 1 is 1.29 bits per heavy atom. The lowest BCUT2D eigenvalue weighted by Crippen LogP contribution is -2.07. The molecule has 5 nitrogen and oxygen atoms in total. The molecule has 0 atom stereocenters. The molecular formula is C12H12N2O3. The van der Waals surface area contributed by atoms with Crippen molar-refractivity contribution in [2.24, 2.45) is 0 Å². The van der Waals surface area contributed by atoms with Gasteiger partial charge in [-0.2, -0.15) is 0 Å². The van der Waals surface area contributed by atoms with Gasteiger partial charge in [0.15, 0.2) is 5.69 Å². The normalized spacial score (nSPS) is 10.2. The summed E-state index contributed by atoms with van der Waals surface area (Å²) < 4.78 is 5.11. The van der Waals surface area contributed by atoms with Gasteiger partial charge in [0.1, 0.15) is 6.26 Å². The zero-order valence-electron chi connectivity index (χ0n) is 9.54. The van der Waals surface area contributed by atoms with Crippen LogP contribution in [0.4, 0.5) is 5.69 Å². The summed E-state index contributed by atoms with van der Waals surface area (Å²) in [5.74, 6) is -0.780. The van der Waals surface area contributed by atoms with E-state index >= 15 is 0 Å². The molecule has 2 rings (SSSR count). The Morgan fingerprint density at radius 2 is 1.94 bits per heavy atom. The highest BCUT2D eigenvalue weighted by atomic mass is 16.4. The molecule has 1 N–H and O–H groups in total. The SMILES string of the molecule is CN(C)c1ccc(-c2nc(C(=O)O)co2)cc1. The number of carbonyl (C=O) groups is 1. The number of oxazole rings is 1. The van der Waals surface area contributed by atoms with Crippen molar-refractivity contribution in [2.45, 2.75) is 0 Å². The maximum absolute atomic E-state index is 10.7. The van der Waals surface area contributed by atoms with Gasteiger partial charge in [-0.3, -0.25) is 0 Å². The van der Waals surface area contributed by atoms with Crippen molar-refractivity contribution < 1.29 is 14.3 Å². The second-order valence-corrected chi connectivity index (χ2v) is 3.78. The lowest BCUT2D eigenvalue weighted by Gasteiger charge is -2.11. The van der Waals surface area contributed by atoms with Crippen LogP contribution < -0.4 is 4.90 Å². The van der Waals surface area contributed by atoms with Crippen molar-refractivity contribution in [3.63, 3.8) is 0 Å². The van der Waals surface area contributed by atoms with Crippen LogP contribution in [-0.4, -0.2) is 30.2 Å². The van der Waals surface area contributed by atoms with Gasteiger partial charge >= 0.3 is 5.97 Å². The molecule has 88 valence electrons. The van der Waals surface area contributed by atoms with E-state index in [1.54, 1.807) is 0 Å². The largest absolute Gasteiger partial charge is 0.476 e. The van der Waals surface area contributed by atoms with E-state index in [1.807, 2.05) is 43.3 Å². The zero-order valence-corrected chi connectivity index (χ0v) is 9.54. The van der Waals surface area contributed by atoms with Crippen molar-refractivity contribution in [2.75, 3.05) is 19.0 Å². The lowest BCUT2D eigenvalue weighted by atomic mass is 10.2. The third-order valence-electron chi connectivity index (χ3n) is 2.35. The second kappa shape index (κ2) is 4.29. The van der Waals surface area contributed by atoms with Crippen LogP contribution >= 0.6 is 0 Å². The molecule has 1 aromatic heterocycles. The highest BCUT2D eigenvalue weighted by molar-refractivity contribution is 5.85. The van der Waals surface area contributed by atoms with Gasteiger partial charge in [0.2, 0.25) is 5.89 Å². The predicted molar refractivity (Wildman–Crippen MR) is 63.2 cm³/mol. The van der Waals surface area contributed by atoms with Crippen molar-refractivity contribution >= 4 is 11.7 Å². The summed E-state index contributed by atoms with van der Waals surface area (Å²) in [7, 11) is 3.89. The third-order valence-corrected chi connectivity index (χ3v) is 2.35. The van der Waals surface area contributed by atoms with Gasteiger partial charge in [0.05, 0.1) is 0 Å². The van der Waals surface area contributed by atoms with Crippen LogP contribution in [0.3, 0.4) is 0 Å². The minimum absolute atomic E-state index is 0.0864. The standard InChI is InChI=1S/C12H12N2O3/c1-14(2)9-5-3-8(4-6-9)11-13-10(7-17-11)12(15)16/h3-7H,1-2H3,(H,15,16). The van der Waals surface area contributed by atoms with Gasteiger partial charge in [0, 0.05) is 25.3 Å². The van der Waals surface area contributed by atoms with E-state index in [0.29, 0.717) is 5.89 Å². The Kier molecular flexibility index (Phi) is 2.82. The molecule has 2 aromatic rings. The fourth-order valence-electron chi connectivity index (χ4n) is 1.41. The van der Waals surface area contributed by atoms with Crippen LogP contribution in [0.1, 0.15) is 10.5 Å². The van der Waals surface area contributed by atoms with Crippen molar-refractivity contribution in [3.8, 4) is 11.5 Å². The summed E-state index contributed by atoms with van der Waals surface area (Å²) in [6, 6.07) is 7.51. The molecule has 0 amide bonds. The summed E-state index contributed by atoms with van der Waals surface area (Å²) in [5.41, 5.74) is 1.72. The lowest BCUT2D eigenvalue weighted by molar-refractivity contribution is 0.0690.